The lowest BCUT2D eigenvalue weighted by Gasteiger charge is -1.92. The van der Waals surface area contributed by atoms with Crippen molar-refractivity contribution in [1.82, 2.24) is 29.8 Å². The number of hydrogen-bond acceptors (Lipinski definition) is 6. The summed E-state index contributed by atoms with van der Waals surface area (Å²) in [6.45, 7) is 1.91. The molecule has 16 heavy (non-hydrogen) atoms. The lowest BCUT2D eigenvalue weighted by molar-refractivity contribution is 0.595. The molecule has 3 heterocycles. The first-order chi connectivity index (χ1) is 7.74. The second-order valence-electron chi connectivity index (χ2n) is 3.21. The third kappa shape index (κ3) is 1.31. The maximum absolute atomic E-state index is 5.33. The van der Waals surface area contributed by atoms with Gasteiger partial charge in [0, 0.05) is 12.4 Å². The number of rotatable bonds is 1. The maximum atomic E-state index is 5.33. The van der Waals surface area contributed by atoms with Crippen LogP contribution in [0.2, 0.25) is 0 Å². The molecule has 80 valence electrons. The Hall–Kier alpha value is -2.09. The van der Waals surface area contributed by atoms with Crippen molar-refractivity contribution in [1.29, 1.82) is 0 Å². The SMILES string of the molecule is Cc1cnc(-c2nn3c(=S)[nH]nc3o2)nc1. The lowest BCUT2D eigenvalue weighted by atomic mass is 10.4. The summed E-state index contributed by atoms with van der Waals surface area (Å²) in [5, 5.41) is 10.5. The van der Waals surface area contributed by atoms with E-state index >= 15 is 0 Å². The Morgan fingerprint density at radius 2 is 2.12 bits per heavy atom. The van der Waals surface area contributed by atoms with Gasteiger partial charge in [-0.1, -0.05) is 0 Å². The highest BCUT2D eigenvalue weighted by Gasteiger charge is 2.12. The number of nitrogens with one attached hydrogen (secondary N) is 1. The number of H-pyrrole nitrogens is 1. The molecule has 1 N–H and O–H groups in total. The van der Waals surface area contributed by atoms with E-state index in [0.29, 0.717) is 22.3 Å². The maximum Gasteiger partial charge on any atom is 0.344 e. The minimum absolute atomic E-state index is 0.294. The summed E-state index contributed by atoms with van der Waals surface area (Å²) in [7, 11) is 0. The summed E-state index contributed by atoms with van der Waals surface area (Å²) in [4.78, 5) is 8.20. The van der Waals surface area contributed by atoms with Crippen molar-refractivity contribution in [3.63, 3.8) is 0 Å². The van der Waals surface area contributed by atoms with Gasteiger partial charge in [-0.3, -0.25) is 0 Å². The molecule has 0 bridgehead atoms. The molecule has 3 rings (SSSR count). The lowest BCUT2D eigenvalue weighted by Crippen LogP contribution is -1.91. The van der Waals surface area contributed by atoms with Crippen molar-refractivity contribution in [2.45, 2.75) is 6.92 Å². The first-order valence-electron chi connectivity index (χ1n) is 4.47. The topological polar surface area (TPSA) is 84.9 Å². The highest BCUT2D eigenvalue weighted by Crippen LogP contribution is 2.14. The van der Waals surface area contributed by atoms with Crippen LogP contribution in [0.25, 0.3) is 17.6 Å². The normalized spacial score (nSPS) is 11.1. The van der Waals surface area contributed by atoms with Crippen LogP contribution in [0.15, 0.2) is 16.8 Å². The van der Waals surface area contributed by atoms with Crippen LogP contribution in [0, 0.1) is 11.7 Å². The van der Waals surface area contributed by atoms with Gasteiger partial charge in [-0.2, -0.15) is 0 Å². The van der Waals surface area contributed by atoms with E-state index in [1.165, 1.54) is 4.52 Å². The Labute approximate surface area is 94.2 Å². The van der Waals surface area contributed by atoms with Gasteiger partial charge in [-0.15, -0.1) is 14.7 Å². The van der Waals surface area contributed by atoms with E-state index < -0.39 is 0 Å². The summed E-state index contributed by atoms with van der Waals surface area (Å²) in [5.41, 5.74) is 0.970. The number of aromatic amines is 1. The fourth-order valence-electron chi connectivity index (χ4n) is 1.22. The molecular weight excluding hydrogens is 228 g/mol. The average molecular weight is 234 g/mol. The molecule has 0 radical (unpaired) electrons. The second-order valence-corrected chi connectivity index (χ2v) is 3.60. The van der Waals surface area contributed by atoms with Gasteiger partial charge in [-0.25, -0.2) is 15.1 Å². The van der Waals surface area contributed by atoms with Crippen LogP contribution in [-0.4, -0.2) is 29.8 Å². The Morgan fingerprint density at radius 1 is 1.38 bits per heavy atom. The number of aromatic nitrogens is 6. The molecule has 0 atom stereocenters. The van der Waals surface area contributed by atoms with Gasteiger partial charge in [0.15, 0.2) is 0 Å². The second kappa shape index (κ2) is 3.20. The molecule has 0 aliphatic heterocycles. The zero-order chi connectivity index (χ0) is 11.1. The molecule has 0 saturated carbocycles. The molecule has 0 aliphatic carbocycles. The van der Waals surface area contributed by atoms with Gasteiger partial charge in [0.05, 0.1) is 0 Å². The Kier molecular flexibility index (Phi) is 1.83. The standard InChI is InChI=1S/C8H6N6OS/c1-4-2-9-5(10-3-4)6-13-14-7(15-6)11-12-8(14)16/h2-3H,1H3,(H,12,16). The fourth-order valence-corrected chi connectivity index (χ4v) is 1.39. The zero-order valence-electron chi connectivity index (χ0n) is 8.21. The van der Waals surface area contributed by atoms with Gasteiger partial charge >= 0.3 is 5.84 Å². The molecule has 3 aromatic rings. The number of nitrogens with zero attached hydrogens (tertiary/aromatic N) is 5. The van der Waals surface area contributed by atoms with Crippen molar-refractivity contribution in [2.75, 3.05) is 0 Å². The van der Waals surface area contributed by atoms with Gasteiger partial charge in [0.1, 0.15) is 0 Å². The van der Waals surface area contributed by atoms with Gasteiger partial charge < -0.3 is 4.42 Å². The largest absolute Gasteiger partial charge is 0.399 e. The van der Waals surface area contributed by atoms with E-state index in [0.717, 1.165) is 5.56 Å². The molecule has 0 amide bonds. The quantitative estimate of drug-likeness (QED) is 0.635. The van der Waals surface area contributed by atoms with Crippen LogP contribution in [0.3, 0.4) is 0 Å². The van der Waals surface area contributed by atoms with Crippen LogP contribution in [0.4, 0.5) is 0 Å². The molecule has 0 saturated heterocycles. The van der Waals surface area contributed by atoms with Gasteiger partial charge in [0.25, 0.3) is 5.89 Å². The molecule has 8 heteroatoms. The van der Waals surface area contributed by atoms with E-state index in [1.54, 1.807) is 12.4 Å². The van der Waals surface area contributed by atoms with E-state index in [2.05, 4.69) is 25.3 Å². The number of aryl methyl sites for hydroxylation is 1. The zero-order valence-corrected chi connectivity index (χ0v) is 9.02. The summed E-state index contributed by atoms with van der Waals surface area (Å²) in [5.74, 6) is 0.997. The van der Waals surface area contributed by atoms with Crippen LogP contribution in [0.5, 0.6) is 0 Å². The van der Waals surface area contributed by atoms with Crippen LogP contribution in [-0.2, 0) is 0 Å². The Bertz CT molecular complexity index is 693. The summed E-state index contributed by atoms with van der Waals surface area (Å²) in [6.07, 6.45) is 3.38. The van der Waals surface area contributed by atoms with Gasteiger partial charge in [-0.05, 0) is 24.7 Å². The minimum atomic E-state index is 0.294. The van der Waals surface area contributed by atoms with Gasteiger partial charge in [0.2, 0.25) is 10.6 Å². The third-order valence-corrected chi connectivity index (χ3v) is 2.24. The smallest absolute Gasteiger partial charge is 0.344 e. The molecule has 0 aliphatic rings. The molecule has 7 nitrogen and oxygen atoms in total. The van der Waals surface area contributed by atoms with Crippen molar-refractivity contribution >= 4 is 18.1 Å². The third-order valence-electron chi connectivity index (χ3n) is 1.97. The van der Waals surface area contributed by atoms with Crippen LogP contribution in [0.1, 0.15) is 5.56 Å². The predicted molar refractivity (Wildman–Crippen MR) is 56.2 cm³/mol. The first kappa shape index (κ1) is 9.16. The monoisotopic (exact) mass is 234 g/mol. The van der Waals surface area contributed by atoms with E-state index in [1.807, 2.05) is 6.92 Å². The van der Waals surface area contributed by atoms with Crippen molar-refractivity contribution < 1.29 is 4.42 Å². The molecular formula is C8H6N6OS. The highest BCUT2D eigenvalue weighted by atomic mass is 32.1. The summed E-state index contributed by atoms with van der Waals surface area (Å²) in [6, 6.07) is 0. The van der Waals surface area contributed by atoms with E-state index in [4.69, 9.17) is 16.6 Å². The molecule has 3 aromatic heterocycles. The molecule has 0 fully saturated rings. The van der Waals surface area contributed by atoms with Crippen LogP contribution < -0.4 is 0 Å². The number of hydrogen-bond donors (Lipinski definition) is 1. The highest BCUT2D eigenvalue weighted by molar-refractivity contribution is 7.71. The molecule has 0 aromatic carbocycles. The summed E-state index contributed by atoms with van der Waals surface area (Å²) >= 11 is 4.95. The summed E-state index contributed by atoms with van der Waals surface area (Å²) < 4.78 is 7.09. The van der Waals surface area contributed by atoms with Crippen molar-refractivity contribution in [2.24, 2.45) is 0 Å². The predicted octanol–water partition coefficient (Wildman–Crippen LogP) is 1.15. The van der Waals surface area contributed by atoms with E-state index in [-0.39, 0.29) is 0 Å². The Morgan fingerprint density at radius 3 is 2.81 bits per heavy atom. The van der Waals surface area contributed by atoms with Crippen molar-refractivity contribution in [3.05, 3.63) is 22.7 Å². The fraction of sp³-hybridized carbons (Fsp3) is 0.125. The molecule has 0 spiro atoms. The number of fused-ring (bicyclic) bond motifs is 1. The van der Waals surface area contributed by atoms with E-state index in [9.17, 15) is 0 Å². The van der Waals surface area contributed by atoms with Crippen LogP contribution >= 0.6 is 12.2 Å². The minimum Gasteiger partial charge on any atom is -0.399 e. The Balaban J connectivity index is 2.18. The first-order valence-corrected chi connectivity index (χ1v) is 4.88. The molecule has 0 unspecified atom stereocenters. The van der Waals surface area contributed by atoms with Crippen molar-refractivity contribution in [3.8, 4) is 11.7 Å². The average Bonchev–Trinajstić information content (AvgIpc) is 2.83.